The predicted molar refractivity (Wildman–Crippen MR) is 215 cm³/mol. The van der Waals surface area contributed by atoms with Crippen molar-refractivity contribution >= 4 is 47.0 Å². The van der Waals surface area contributed by atoms with Crippen LogP contribution in [0.15, 0.2) is 46.6 Å². The van der Waals surface area contributed by atoms with Crippen molar-refractivity contribution in [3.63, 3.8) is 0 Å². The second kappa shape index (κ2) is 25.4. The number of fused-ring (bicyclic) bond motifs is 1. The highest BCUT2D eigenvalue weighted by Crippen LogP contribution is 2.34. The number of thioether (sulfide) groups is 1. The SMILES string of the molecule is C#CCCCC(=O)NCCCc1ccc(N=Nc2ccc(O)cc2OCCOCCOCCOCCNC(=O)CCCCC2SCC3NC(=O)NC32)c(C(=O)O)c1. The summed E-state index contributed by atoms with van der Waals surface area (Å²) in [5, 5.41) is 40.2. The Bertz CT molecular complexity index is 1690. The fourth-order valence-electron chi connectivity index (χ4n) is 6.14. The van der Waals surface area contributed by atoms with Gasteiger partial charge in [0, 0.05) is 49.4 Å². The van der Waals surface area contributed by atoms with Crippen molar-refractivity contribution in [2.24, 2.45) is 10.2 Å². The molecule has 2 aromatic rings. The van der Waals surface area contributed by atoms with Crippen LogP contribution < -0.4 is 26.0 Å². The number of ether oxygens (including phenoxy) is 4. The van der Waals surface area contributed by atoms with Crippen molar-refractivity contribution in [1.29, 1.82) is 0 Å². The molecule has 310 valence electrons. The summed E-state index contributed by atoms with van der Waals surface area (Å²) in [6.45, 7) is 3.12. The van der Waals surface area contributed by atoms with Crippen molar-refractivity contribution in [2.75, 3.05) is 65.1 Å². The van der Waals surface area contributed by atoms with Gasteiger partial charge in [-0.05, 0) is 61.9 Å². The van der Waals surface area contributed by atoms with E-state index in [2.05, 4.69) is 37.4 Å². The number of aryl methyl sites for hydroxylation is 1. The van der Waals surface area contributed by atoms with Gasteiger partial charge in [-0.3, -0.25) is 9.59 Å². The number of hydrogen-bond donors (Lipinski definition) is 6. The number of hydrogen-bond acceptors (Lipinski definition) is 12. The number of amides is 4. The van der Waals surface area contributed by atoms with E-state index >= 15 is 0 Å². The molecular formula is C40H54N6O10S. The van der Waals surface area contributed by atoms with Crippen LogP contribution >= 0.6 is 11.8 Å². The Morgan fingerprint density at radius 3 is 2.28 bits per heavy atom. The number of carbonyl (C=O) groups is 4. The van der Waals surface area contributed by atoms with E-state index in [0.717, 1.165) is 30.6 Å². The molecule has 17 heteroatoms. The highest BCUT2D eigenvalue weighted by molar-refractivity contribution is 8.00. The number of rotatable bonds is 28. The summed E-state index contributed by atoms with van der Waals surface area (Å²) in [5.41, 5.74) is 1.22. The quantitative estimate of drug-likeness (QED) is 0.0301. The summed E-state index contributed by atoms with van der Waals surface area (Å²) < 4.78 is 22.4. The lowest BCUT2D eigenvalue weighted by atomic mass is 10.0. The highest BCUT2D eigenvalue weighted by atomic mass is 32.2. The molecule has 16 nitrogen and oxygen atoms in total. The summed E-state index contributed by atoms with van der Waals surface area (Å²) in [4.78, 5) is 47.5. The fourth-order valence-corrected chi connectivity index (χ4v) is 7.69. The van der Waals surface area contributed by atoms with E-state index in [4.69, 9.17) is 25.4 Å². The van der Waals surface area contributed by atoms with Gasteiger partial charge < -0.3 is 50.4 Å². The predicted octanol–water partition coefficient (Wildman–Crippen LogP) is 4.63. The Morgan fingerprint density at radius 1 is 0.842 bits per heavy atom. The molecule has 2 heterocycles. The molecule has 0 saturated carbocycles. The summed E-state index contributed by atoms with van der Waals surface area (Å²) in [5.74, 6) is 2.45. The number of phenols is 1. The molecule has 2 aliphatic heterocycles. The molecule has 0 bridgehead atoms. The van der Waals surface area contributed by atoms with Crippen molar-refractivity contribution in [1.82, 2.24) is 21.3 Å². The number of unbranched alkanes of at least 4 members (excludes halogenated alkanes) is 2. The van der Waals surface area contributed by atoms with Crippen LogP contribution in [-0.2, 0) is 30.2 Å². The number of aromatic carboxylic acids is 1. The Morgan fingerprint density at radius 2 is 1.53 bits per heavy atom. The number of azo groups is 1. The molecule has 0 aliphatic carbocycles. The van der Waals surface area contributed by atoms with E-state index in [9.17, 15) is 29.4 Å². The Labute approximate surface area is 337 Å². The van der Waals surface area contributed by atoms with E-state index in [0.29, 0.717) is 95.6 Å². The monoisotopic (exact) mass is 810 g/mol. The first-order valence-corrected chi connectivity index (χ1v) is 20.4. The molecule has 0 spiro atoms. The average molecular weight is 811 g/mol. The largest absolute Gasteiger partial charge is 0.508 e. The van der Waals surface area contributed by atoms with E-state index < -0.39 is 5.97 Å². The number of carboxylic acid groups (broad SMARTS) is 1. The van der Waals surface area contributed by atoms with Crippen molar-refractivity contribution in [3.8, 4) is 23.8 Å². The maximum Gasteiger partial charge on any atom is 0.337 e. The molecule has 2 aromatic carbocycles. The average Bonchev–Trinajstić information content (AvgIpc) is 3.75. The summed E-state index contributed by atoms with van der Waals surface area (Å²) in [6, 6.07) is 9.56. The molecule has 0 radical (unpaired) electrons. The molecule has 4 rings (SSSR count). The van der Waals surface area contributed by atoms with Gasteiger partial charge in [-0.2, -0.15) is 11.8 Å². The summed E-state index contributed by atoms with van der Waals surface area (Å²) >= 11 is 1.88. The molecular weight excluding hydrogens is 757 g/mol. The minimum Gasteiger partial charge on any atom is -0.508 e. The number of nitrogens with one attached hydrogen (secondary N) is 4. The van der Waals surface area contributed by atoms with Crippen molar-refractivity contribution in [2.45, 2.75) is 75.1 Å². The van der Waals surface area contributed by atoms with Crippen LogP contribution in [0.2, 0.25) is 0 Å². The third kappa shape index (κ3) is 16.6. The first-order valence-electron chi connectivity index (χ1n) is 19.4. The van der Waals surface area contributed by atoms with Crippen LogP contribution in [0.5, 0.6) is 11.5 Å². The lowest BCUT2D eigenvalue weighted by Crippen LogP contribution is -2.36. The van der Waals surface area contributed by atoms with Gasteiger partial charge in [-0.1, -0.05) is 12.5 Å². The van der Waals surface area contributed by atoms with Gasteiger partial charge in [0.15, 0.2) is 5.75 Å². The number of aromatic hydroxyl groups is 1. The molecule has 3 atom stereocenters. The van der Waals surface area contributed by atoms with Gasteiger partial charge in [0.1, 0.15) is 23.7 Å². The van der Waals surface area contributed by atoms with Crippen molar-refractivity contribution < 1.29 is 48.3 Å². The zero-order valence-electron chi connectivity index (χ0n) is 32.2. The third-order valence-electron chi connectivity index (χ3n) is 9.07. The Balaban J connectivity index is 1.03. The lowest BCUT2D eigenvalue weighted by molar-refractivity contribution is -0.122. The topological polar surface area (TPSA) is 218 Å². The molecule has 57 heavy (non-hydrogen) atoms. The number of terminal acetylenes is 1. The molecule has 6 N–H and O–H groups in total. The van der Waals surface area contributed by atoms with Crippen molar-refractivity contribution in [3.05, 3.63) is 47.5 Å². The van der Waals surface area contributed by atoms with E-state index in [1.807, 2.05) is 11.8 Å². The number of phenolic OH excluding ortho intramolecular Hbond substituents is 1. The number of carboxylic acids is 1. The number of urea groups is 1. The van der Waals surface area contributed by atoms with Crippen LogP contribution in [0.25, 0.3) is 0 Å². The summed E-state index contributed by atoms with van der Waals surface area (Å²) in [7, 11) is 0. The van der Waals surface area contributed by atoms with Gasteiger partial charge in [-0.25, -0.2) is 9.59 Å². The van der Waals surface area contributed by atoms with Crippen LogP contribution in [0.1, 0.15) is 67.3 Å². The zero-order valence-corrected chi connectivity index (χ0v) is 33.0. The molecule has 3 unspecified atom stereocenters. The molecule has 4 amide bonds. The molecule has 0 aromatic heterocycles. The minimum atomic E-state index is -1.15. The standard InChI is InChI=1S/C40H54N6O10S/c1-2-3-4-10-36(48)41-16-7-8-28-12-14-31(30(25-28)39(50)51)45-46-32-15-13-29(47)26-34(32)56-24-23-55-22-21-54-20-19-53-18-17-42-37(49)11-6-5-9-35-38-33(27-57-35)43-40(52)44-38/h1,12-15,25-26,33,35,38,47H,3-11,16-24,27H2,(H,41,48)(H,42,49)(H,50,51)(H2,43,44,52). The van der Waals surface area contributed by atoms with Crippen LogP contribution in [0.3, 0.4) is 0 Å². The van der Waals surface area contributed by atoms with Crippen LogP contribution in [0.4, 0.5) is 16.2 Å². The molecule has 2 fully saturated rings. The van der Waals surface area contributed by atoms with E-state index in [1.54, 1.807) is 18.2 Å². The zero-order chi connectivity index (χ0) is 40.7. The Kier molecular flexibility index (Phi) is 20.0. The summed E-state index contributed by atoms with van der Waals surface area (Å²) in [6.07, 6.45) is 11.2. The van der Waals surface area contributed by atoms with Crippen LogP contribution in [-0.4, -0.2) is 116 Å². The first kappa shape index (κ1) is 44.8. The lowest BCUT2D eigenvalue weighted by Gasteiger charge is -2.16. The van der Waals surface area contributed by atoms with Gasteiger partial charge in [0.25, 0.3) is 0 Å². The third-order valence-corrected chi connectivity index (χ3v) is 10.6. The second-order valence-electron chi connectivity index (χ2n) is 13.4. The van der Waals surface area contributed by atoms with Gasteiger partial charge >= 0.3 is 12.0 Å². The highest BCUT2D eigenvalue weighted by Gasteiger charge is 2.42. The second-order valence-corrected chi connectivity index (χ2v) is 14.7. The number of benzene rings is 2. The fraction of sp³-hybridized carbons (Fsp3) is 0.550. The molecule has 2 aliphatic rings. The maximum absolute atomic E-state index is 12.1. The van der Waals surface area contributed by atoms with E-state index in [-0.39, 0.29) is 65.9 Å². The number of carbonyl (C=O) groups excluding carboxylic acids is 3. The van der Waals surface area contributed by atoms with Gasteiger partial charge in [0.2, 0.25) is 11.8 Å². The maximum atomic E-state index is 12.1. The Hall–Kier alpha value is -4.89. The minimum absolute atomic E-state index is 0.00483. The van der Waals surface area contributed by atoms with Gasteiger partial charge in [0.05, 0.1) is 57.3 Å². The van der Waals surface area contributed by atoms with Gasteiger partial charge in [-0.15, -0.1) is 22.6 Å². The first-order chi connectivity index (χ1) is 27.7. The van der Waals surface area contributed by atoms with E-state index in [1.165, 1.54) is 18.2 Å². The smallest absolute Gasteiger partial charge is 0.337 e. The number of nitrogens with zero attached hydrogens (tertiary/aromatic N) is 2. The normalized spacial score (nSPS) is 17.1. The molecule has 2 saturated heterocycles. The van der Waals surface area contributed by atoms with Crippen LogP contribution in [0, 0.1) is 12.3 Å².